The lowest BCUT2D eigenvalue weighted by Crippen LogP contribution is -2.19. The Morgan fingerprint density at radius 2 is 0.983 bits per heavy atom. The van der Waals surface area contributed by atoms with Gasteiger partial charge in [0.05, 0.1) is 0 Å². The van der Waals surface area contributed by atoms with Crippen molar-refractivity contribution < 1.29 is 19.1 Å². The molecule has 0 atom stereocenters. The lowest BCUT2D eigenvalue weighted by molar-refractivity contribution is -0.129. The van der Waals surface area contributed by atoms with E-state index in [-0.39, 0.29) is 22.3 Å². The largest absolute Gasteiger partial charge is 0.423 e. The number of allylic oxidation sites excluding steroid dienone is 18. The van der Waals surface area contributed by atoms with E-state index >= 15 is 0 Å². The highest BCUT2D eigenvalue weighted by Gasteiger charge is 2.27. The summed E-state index contributed by atoms with van der Waals surface area (Å²) in [6.45, 7) is 21.6. The first-order chi connectivity index (χ1) is 27.5. The van der Waals surface area contributed by atoms with E-state index < -0.39 is 11.9 Å². The molecule has 0 aromatic heterocycles. The molecule has 58 heavy (non-hydrogen) atoms. The first-order valence-electron chi connectivity index (χ1n) is 20.7. The van der Waals surface area contributed by atoms with Gasteiger partial charge in [0.25, 0.3) is 0 Å². The Morgan fingerprint density at radius 1 is 0.552 bits per heavy atom. The third-order valence-electron chi connectivity index (χ3n) is 10.8. The van der Waals surface area contributed by atoms with Crippen LogP contribution in [0.25, 0.3) is 12.2 Å². The molecule has 0 N–H and O–H groups in total. The van der Waals surface area contributed by atoms with Gasteiger partial charge in [-0.15, -0.1) is 0 Å². The summed E-state index contributed by atoms with van der Waals surface area (Å²) in [6.07, 6.45) is 34.5. The molecular formula is C54H64O4. The van der Waals surface area contributed by atoms with Crippen LogP contribution in [0.2, 0.25) is 0 Å². The second-order valence-corrected chi connectivity index (χ2v) is 17.2. The van der Waals surface area contributed by atoms with Crippen molar-refractivity contribution >= 4 is 24.1 Å². The minimum atomic E-state index is -0.528. The Bertz CT molecular complexity index is 2020. The van der Waals surface area contributed by atoms with Crippen molar-refractivity contribution in [1.82, 2.24) is 0 Å². The van der Waals surface area contributed by atoms with E-state index in [9.17, 15) is 9.59 Å². The lowest BCUT2D eigenvalue weighted by Gasteiger charge is -2.33. The fourth-order valence-corrected chi connectivity index (χ4v) is 7.59. The minimum absolute atomic E-state index is 0.196. The Labute approximate surface area is 349 Å². The van der Waals surface area contributed by atoms with Crippen molar-refractivity contribution in [1.29, 1.82) is 0 Å². The van der Waals surface area contributed by atoms with E-state index in [0.29, 0.717) is 5.56 Å². The molecule has 304 valence electrons. The number of hydrogen-bond donors (Lipinski definition) is 0. The SMILES string of the molecule is CC1=C(/C=C/C(C)=C/C=C/C(C)=C/C(=O)Oc2cc(/C=C/c3ccccc3)cc(OC(=O)/C=C(C)/C=C/C=C(C)/C=C/C3=C(C)CCCC3(C)C)c2)C(C)(C)CCC1. The van der Waals surface area contributed by atoms with Gasteiger partial charge in [-0.2, -0.15) is 0 Å². The van der Waals surface area contributed by atoms with Crippen LogP contribution < -0.4 is 9.47 Å². The zero-order chi connectivity index (χ0) is 42.3. The number of hydrogen-bond acceptors (Lipinski definition) is 4. The molecule has 0 spiro atoms. The summed E-state index contributed by atoms with van der Waals surface area (Å²) in [4.78, 5) is 26.1. The first kappa shape index (κ1) is 45.2. The summed E-state index contributed by atoms with van der Waals surface area (Å²) in [5.74, 6) is -0.521. The molecule has 0 radical (unpaired) electrons. The number of carbonyl (C=O) groups excluding carboxylic acids is 2. The van der Waals surface area contributed by atoms with E-state index in [1.54, 1.807) is 18.2 Å². The molecule has 0 saturated carbocycles. The van der Waals surface area contributed by atoms with Crippen molar-refractivity contribution in [3.05, 3.63) is 177 Å². The van der Waals surface area contributed by atoms with E-state index in [2.05, 4.69) is 79.7 Å². The van der Waals surface area contributed by atoms with Crippen molar-refractivity contribution in [3.8, 4) is 11.5 Å². The average Bonchev–Trinajstić information content (AvgIpc) is 3.13. The normalized spacial score (nSPS) is 18.4. The highest BCUT2D eigenvalue weighted by Crippen LogP contribution is 2.42. The number of carbonyl (C=O) groups is 2. The van der Waals surface area contributed by atoms with Gasteiger partial charge in [0.2, 0.25) is 0 Å². The smallest absolute Gasteiger partial charge is 0.336 e. The molecule has 0 aliphatic heterocycles. The monoisotopic (exact) mass is 776 g/mol. The fourth-order valence-electron chi connectivity index (χ4n) is 7.59. The molecule has 2 aromatic carbocycles. The topological polar surface area (TPSA) is 52.6 Å². The first-order valence-corrected chi connectivity index (χ1v) is 20.7. The lowest BCUT2D eigenvalue weighted by atomic mass is 9.72. The van der Waals surface area contributed by atoms with Gasteiger partial charge in [-0.3, -0.25) is 0 Å². The summed E-state index contributed by atoms with van der Waals surface area (Å²) < 4.78 is 11.5. The Morgan fingerprint density at radius 3 is 1.41 bits per heavy atom. The molecule has 2 aliphatic rings. The molecular weight excluding hydrogens is 713 g/mol. The molecule has 0 bridgehead atoms. The molecule has 0 saturated heterocycles. The third-order valence-corrected chi connectivity index (χ3v) is 10.8. The van der Waals surface area contributed by atoms with E-state index in [4.69, 9.17) is 9.47 Å². The third kappa shape index (κ3) is 14.8. The van der Waals surface area contributed by atoms with Crippen LogP contribution in [-0.4, -0.2) is 11.9 Å². The predicted molar refractivity (Wildman–Crippen MR) is 245 cm³/mol. The van der Waals surface area contributed by atoms with Gasteiger partial charge in [0.1, 0.15) is 11.5 Å². The van der Waals surface area contributed by atoms with Crippen LogP contribution in [0, 0.1) is 10.8 Å². The standard InChI is InChI=1S/C54H64O4/c1-39(26-30-49-43(5)22-16-32-53(49,7)8)18-14-20-41(3)34-51(55)57-47-36-46(29-28-45-24-12-11-13-25-45)37-48(38-47)58-52(56)35-42(4)21-15-19-40(2)27-31-50-44(6)23-17-33-54(50,9)10/h11-15,18-21,24-31,34-38H,16-17,22-23,32-33H2,1-10H3/b20-14+,21-15+,29-28+,30-26+,31-27+,39-18+,40-19+,41-34+,42-35+. The van der Waals surface area contributed by atoms with Crippen molar-refractivity contribution in [2.45, 2.75) is 108 Å². The maximum absolute atomic E-state index is 13.1. The summed E-state index contributed by atoms with van der Waals surface area (Å²) in [5, 5.41) is 0. The van der Waals surface area contributed by atoms with Gasteiger partial charge in [-0.05, 0) is 136 Å². The summed E-state index contributed by atoms with van der Waals surface area (Å²) >= 11 is 0. The van der Waals surface area contributed by atoms with E-state index in [1.165, 1.54) is 60.1 Å². The van der Waals surface area contributed by atoms with Crippen LogP contribution in [-0.2, 0) is 9.59 Å². The highest BCUT2D eigenvalue weighted by atomic mass is 16.5. The van der Waals surface area contributed by atoms with Crippen molar-refractivity contribution in [2.75, 3.05) is 0 Å². The fraction of sp³-hybridized carbons (Fsp3) is 0.333. The Balaban J connectivity index is 1.44. The van der Waals surface area contributed by atoms with Gasteiger partial charge in [-0.25, -0.2) is 9.59 Å². The summed E-state index contributed by atoms with van der Waals surface area (Å²) in [7, 11) is 0. The molecule has 4 rings (SSSR count). The molecule has 4 heteroatoms. The zero-order valence-electron chi connectivity index (χ0n) is 36.6. The van der Waals surface area contributed by atoms with Crippen LogP contribution in [0.5, 0.6) is 11.5 Å². The van der Waals surface area contributed by atoms with Crippen LogP contribution in [0.1, 0.15) is 119 Å². The van der Waals surface area contributed by atoms with Crippen molar-refractivity contribution in [3.63, 3.8) is 0 Å². The van der Waals surface area contributed by atoms with Crippen LogP contribution >= 0.6 is 0 Å². The second kappa shape index (κ2) is 21.3. The van der Waals surface area contributed by atoms with Crippen LogP contribution in [0.15, 0.2) is 166 Å². The second-order valence-electron chi connectivity index (χ2n) is 17.2. The molecule has 0 fully saturated rings. The molecule has 2 aromatic rings. The maximum atomic E-state index is 13.1. The van der Waals surface area contributed by atoms with E-state index in [0.717, 1.165) is 40.7 Å². The molecule has 2 aliphatic carbocycles. The average molecular weight is 777 g/mol. The molecule has 0 amide bonds. The highest BCUT2D eigenvalue weighted by molar-refractivity contribution is 5.87. The number of ether oxygens (including phenoxy) is 2. The minimum Gasteiger partial charge on any atom is -0.423 e. The molecule has 0 unspecified atom stereocenters. The van der Waals surface area contributed by atoms with E-state index in [1.807, 2.05) is 92.8 Å². The summed E-state index contributed by atoms with van der Waals surface area (Å²) in [5.41, 5.74) is 11.7. The van der Waals surface area contributed by atoms with Gasteiger partial charge < -0.3 is 9.47 Å². The number of esters is 2. The Hall–Kier alpha value is -5.48. The summed E-state index contributed by atoms with van der Waals surface area (Å²) in [6, 6.07) is 14.9. The van der Waals surface area contributed by atoms with Gasteiger partial charge in [-0.1, -0.05) is 153 Å². The van der Waals surface area contributed by atoms with Crippen molar-refractivity contribution in [2.24, 2.45) is 10.8 Å². The van der Waals surface area contributed by atoms with Crippen LogP contribution in [0.3, 0.4) is 0 Å². The quantitative estimate of drug-likeness (QED) is 0.0630. The number of rotatable bonds is 14. The maximum Gasteiger partial charge on any atom is 0.336 e. The van der Waals surface area contributed by atoms with Gasteiger partial charge in [0, 0.05) is 18.2 Å². The zero-order valence-corrected chi connectivity index (χ0v) is 36.6. The Kier molecular flexibility index (Phi) is 16.6. The van der Waals surface area contributed by atoms with Gasteiger partial charge in [0.15, 0.2) is 0 Å². The molecule has 0 heterocycles. The predicted octanol–water partition coefficient (Wildman–Crippen LogP) is 14.7. The van der Waals surface area contributed by atoms with Gasteiger partial charge >= 0.3 is 11.9 Å². The van der Waals surface area contributed by atoms with Crippen LogP contribution in [0.4, 0.5) is 0 Å². The molecule has 4 nitrogen and oxygen atoms in total. The number of benzene rings is 2.